The Kier molecular flexibility index (Phi) is 3.07. The lowest BCUT2D eigenvalue weighted by atomic mass is 10.0. The average Bonchev–Trinajstić information content (AvgIpc) is 2.36. The first kappa shape index (κ1) is 12.6. The van der Waals surface area contributed by atoms with Gasteiger partial charge in [0.05, 0.1) is 6.10 Å². The van der Waals surface area contributed by atoms with E-state index in [1.807, 2.05) is 0 Å². The number of nitrogens with zero attached hydrogens (tertiary/aromatic N) is 3. The third-order valence-corrected chi connectivity index (χ3v) is 4.00. The third kappa shape index (κ3) is 2.05. The zero-order valence-corrected chi connectivity index (χ0v) is 11.7. The molecule has 1 aliphatic rings. The van der Waals surface area contributed by atoms with E-state index in [1.54, 1.807) is 25.4 Å². The van der Waals surface area contributed by atoms with Crippen LogP contribution in [-0.2, 0) is 0 Å². The van der Waals surface area contributed by atoms with Crippen LogP contribution in [0.4, 0.5) is 5.82 Å². The van der Waals surface area contributed by atoms with Crippen molar-refractivity contribution in [1.82, 2.24) is 9.97 Å². The van der Waals surface area contributed by atoms with Crippen molar-refractivity contribution < 1.29 is 5.11 Å². The molecule has 19 heavy (non-hydrogen) atoms. The summed E-state index contributed by atoms with van der Waals surface area (Å²) >= 11 is 5.98. The van der Waals surface area contributed by atoms with Gasteiger partial charge in [-0.05, 0) is 31.7 Å². The summed E-state index contributed by atoms with van der Waals surface area (Å²) in [5, 5.41) is 12.2. The summed E-state index contributed by atoms with van der Waals surface area (Å²) in [5.74, 6) is 0.933. The highest BCUT2D eigenvalue weighted by Crippen LogP contribution is 2.34. The summed E-state index contributed by atoms with van der Waals surface area (Å²) in [5.41, 5.74) is 0.788. The Morgan fingerprint density at radius 3 is 2.74 bits per heavy atom. The molecular weight excluding hydrogens is 262 g/mol. The van der Waals surface area contributed by atoms with Crippen LogP contribution in [0.5, 0.6) is 0 Å². The number of anilines is 1. The lowest BCUT2D eigenvalue weighted by Gasteiger charge is -2.40. The van der Waals surface area contributed by atoms with Crippen LogP contribution in [0.1, 0.15) is 31.9 Å². The van der Waals surface area contributed by atoms with Crippen molar-refractivity contribution in [3.63, 3.8) is 0 Å². The Morgan fingerprint density at radius 1 is 1.37 bits per heavy atom. The van der Waals surface area contributed by atoms with E-state index in [1.165, 1.54) is 6.42 Å². The third-order valence-electron chi connectivity index (χ3n) is 3.79. The lowest BCUT2D eigenvalue weighted by molar-refractivity contribution is 0.200. The molecule has 2 atom stereocenters. The number of rotatable bonds is 2. The van der Waals surface area contributed by atoms with Gasteiger partial charge in [-0.3, -0.25) is 0 Å². The van der Waals surface area contributed by atoms with Crippen molar-refractivity contribution in [3.8, 4) is 0 Å². The molecule has 0 amide bonds. The molecule has 0 aromatic carbocycles. The first-order chi connectivity index (χ1) is 9.08. The molecule has 0 saturated carbocycles. The summed E-state index contributed by atoms with van der Waals surface area (Å²) in [4.78, 5) is 10.9. The van der Waals surface area contributed by atoms with Crippen molar-refractivity contribution in [1.29, 1.82) is 0 Å². The van der Waals surface area contributed by atoms with E-state index >= 15 is 0 Å². The number of aliphatic hydroxyl groups excluding tert-OH is 1. The maximum absolute atomic E-state index is 9.85. The maximum Gasteiger partial charge on any atom is 0.138 e. The van der Waals surface area contributed by atoms with E-state index in [0.717, 1.165) is 28.7 Å². The summed E-state index contributed by atoms with van der Waals surface area (Å²) in [6.07, 6.45) is 4.10. The molecule has 2 aromatic heterocycles. The maximum atomic E-state index is 9.85. The molecule has 0 bridgehead atoms. The Hall–Kier alpha value is -1.39. The minimum Gasteiger partial charge on any atom is -0.389 e. The number of fused-ring (bicyclic) bond motifs is 1. The monoisotopic (exact) mass is 277 g/mol. The number of hydrogen-bond donors (Lipinski definition) is 1. The minimum absolute atomic E-state index is 0.434. The standard InChI is InChI=1S/C14H16ClN3O/c1-8-3-4-18(8)14-12-7-16-13(15)5-10(12)11(6-17-14)9(2)19/h5-9,19H,3-4H2,1-2H3/t8-,9?/m1/s1. The summed E-state index contributed by atoms with van der Waals surface area (Å²) in [6.45, 7) is 4.93. The van der Waals surface area contributed by atoms with Crippen LogP contribution < -0.4 is 4.90 Å². The molecule has 100 valence electrons. The van der Waals surface area contributed by atoms with Gasteiger partial charge in [-0.15, -0.1) is 0 Å². The van der Waals surface area contributed by atoms with Gasteiger partial charge < -0.3 is 10.0 Å². The predicted octanol–water partition coefficient (Wildman–Crippen LogP) is 2.94. The first-order valence-electron chi connectivity index (χ1n) is 6.47. The van der Waals surface area contributed by atoms with Crippen molar-refractivity contribution in [2.24, 2.45) is 0 Å². The van der Waals surface area contributed by atoms with Gasteiger partial charge in [-0.2, -0.15) is 0 Å². The highest BCUT2D eigenvalue weighted by Gasteiger charge is 2.27. The molecular formula is C14H16ClN3O. The Morgan fingerprint density at radius 2 is 2.16 bits per heavy atom. The normalized spacial score (nSPS) is 20.4. The second-order valence-corrected chi connectivity index (χ2v) is 5.48. The molecule has 0 spiro atoms. The summed E-state index contributed by atoms with van der Waals surface area (Å²) in [7, 11) is 0. The molecule has 4 nitrogen and oxygen atoms in total. The minimum atomic E-state index is -0.573. The average molecular weight is 278 g/mol. The van der Waals surface area contributed by atoms with E-state index in [2.05, 4.69) is 21.8 Å². The van der Waals surface area contributed by atoms with Crippen LogP contribution in [0, 0.1) is 0 Å². The molecule has 0 radical (unpaired) electrons. The van der Waals surface area contributed by atoms with Gasteiger partial charge in [-0.25, -0.2) is 9.97 Å². The van der Waals surface area contributed by atoms with Gasteiger partial charge in [0, 0.05) is 35.9 Å². The molecule has 1 saturated heterocycles. The van der Waals surface area contributed by atoms with E-state index in [9.17, 15) is 5.11 Å². The molecule has 1 unspecified atom stereocenters. The summed E-state index contributed by atoms with van der Waals surface area (Å²) < 4.78 is 0. The number of hydrogen-bond acceptors (Lipinski definition) is 4. The topological polar surface area (TPSA) is 49.3 Å². The highest BCUT2D eigenvalue weighted by atomic mass is 35.5. The van der Waals surface area contributed by atoms with Crippen LogP contribution in [-0.4, -0.2) is 27.7 Å². The van der Waals surface area contributed by atoms with Crippen LogP contribution in [0.15, 0.2) is 18.5 Å². The van der Waals surface area contributed by atoms with Crippen molar-refractivity contribution in [3.05, 3.63) is 29.2 Å². The van der Waals surface area contributed by atoms with Gasteiger partial charge >= 0.3 is 0 Å². The van der Waals surface area contributed by atoms with Crippen LogP contribution in [0.2, 0.25) is 5.15 Å². The second-order valence-electron chi connectivity index (χ2n) is 5.10. The molecule has 3 rings (SSSR count). The molecule has 0 aliphatic carbocycles. The fourth-order valence-corrected chi connectivity index (χ4v) is 2.67. The van der Waals surface area contributed by atoms with Gasteiger partial charge in [-0.1, -0.05) is 11.6 Å². The van der Waals surface area contributed by atoms with Crippen LogP contribution >= 0.6 is 11.6 Å². The van der Waals surface area contributed by atoms with Crippen molar-refractivity contribution >= 4 is 28.2 Å². The van der Waals surface area contributed by atoms with Crippen molar-refractivity contribution in [2.75, 3.05) is 11.4 Å². The SMILES string of the molecule is CC(O)c1cnc(N2CC[C@H]2C)c2cnc(Cl)cc12. The Balaban J connectivity index is 2.23. The highest BCUT2D eigenvalue weighted by molar-refractivity contribution is 6.30. The lowest BCUT2D eigenvalue weighted by Crippen LogP contribution is -2.46. The van der Waals surface area contributed by atoms with Crippen molar-refractivity contribution in [2.45, 2.75) is 32.4 Å². The van der Waals surface area contributed by atoms with Gasteiger partial charge in [0.2, 0.25) is 0 Å². The number of aromatic nitrogens is 2. The molecule has 1 N–H and O–H groups in total. The molecule has 1 fully saturated rings. The largest absolute Gasteiger partial charge is 0.389 e. The predicted molar refractivity (Wildman–Crippen MR) is 76.6 cm³/mol. The van der Waals surface area contributed by atoms with Crippen LogP contribution in [0.3, 0.4) is 0 Å². The molecule has 1 aliphatic heterocycles. The van der Waals surface area contributed by atoms with E-state index in [-0.39, 0.29) is 0 Å². The van der Waals surface area contributed by atoms with E-state index < -0.39 is 6.10 Å². The van der Waals surface area contributed by atoms with Gasteiger partial charge in [0.1, 0.15) is 11.0 Å². The Bertz CT molecular complexity index is 629. The first-order valence-corrected chi connectivity index (χ1v) is 6.84. The Labute approximate surface area is 117 Å². The quantitative estimate of drug-likeness (QED) is 0.858. The van der Waals surface area contributed by atoms with E-state index in [4.69, 9.17) is 11.6 Å². The smallest absolute Gasteiger partial charge is 0.138 e. The van der Waals surface area contributed by atoms with E-state index in [0.29, 0.717) is 11.2 Å². The zero-order valence-electron chi connectivity index (χ0n) is 11.0. The number of pyridine rings is 2. The fraction of sp³-hybridized carbons (Fsp3) is 0.429. The number of halogens is 1. The number of aliphatic hydroxyl groups is 1. The molecule has 3 heterocycles. The summed E-state index contributed by atoms with van der Waals surface area (Å²) in [6, 6.07) is 2.30. The molecule has 5 heteroatoms. The fourth-order valence-electron chi connectivity index (χ4n) is 2.51. The molecule has 2 aromatic rings. The van der Waals surface area contributed by atoms with Crippen LogP contribution in [0.25, 0.3) is 10.8 Å². The zero-order chi connectivity index (χ0) is 13.6. The van der Waals surface area contributed by atoms with Gasteiger partial charge in [0.15, 0.2) is 0 Å². The van der Waals surface area contributed by atoms with Gasteiger partial charge in [0.25, 0.3) is 0 Å². The second kappa shape index (κ2) is 4.62.